The number of nitrogens with zero attached hydrogens (tertiary/aromatic N) is 2. The van der Waals surface area contributed by atoms with Crippen molar-refractivity contribution in [1.29, 1.82) is 0 Å². The smallest absolute Gasteiger partial charge is 0.255 e. The minimum atomic E-state index is -0.790. The van der Waals surface area contributed by atoms with Crippen LogP contribution in [-0.2, 0) is 6.42 Å². The summed E-state index contributed by atoms with van der Waals surface area (Å²) in [4.78, 5) is 4.15. The molecule has 3 N–H and O–H groups in total. The number of hydrogen-bond donors (Lipinski definition) is 2. The van der Waals surface area contributed by atoms with Crippen LogP contribution in [0, 0.1) is 0 Å². The van der Waals surface area contributed by atoms with E-state index < -0.39 is 6.10 Å². The van der Waals surface area contributed by atoms with Crippen LogP contribution in [0.4, 0.5) is 0 Å². The quantitative estimate of drug-likeness (QED) is 0.809. The normalized spacial score (nSPS) is 12.4. The summed E-state index contributed by atoms with van der Waals surface area (Å²) >= 11 is 0. The highest BCUT2D eigenvalue weighted by molar-refractivity contribution is 5.28. The van der Waals surface area contributed by atoms with E-state index in [1.807, 2.05) is 24.3 Å². The van der Waals surface area contributed by atoms with Crippen molar-refractivity contribution in [3.05, 3.63) is 41.5 Å². The fourth-order valence-electron chi connectivity index (χ4n) is 1.68. The fourth-order valence-corrected chi connectivity index (χ4v) is 1.68. The second-order valence-corrected chi connectivity index (χ2v) is 4.17. The minimum absolute atomic E-state index is 0.217. The van der Waals surface area contributed by atoms with Crippen molar-refractivity contribution in [2.24, 2.45) is 5.73 Å². The highest BCUT2D eigenvalue weighted by atomic mass is 16.5. The summed E-state index contributed by atoms with van der Waals surface area (Å²) in [5.41, 5.74) is 6.41. The molecule has 0 aliphatic rings. The zero-order chi connectivity index (χ0) is 13.7. The zero-order valence-corrected chi connectivity index (χ0v) is 10.7. The number of hydrogen-bond acceptors (Lipinski definition) is 6. The topological polar surface area (TPSA) is 94.4 Å². The van der Waals surface area contributed by atoms with Crippen molar-refractivity contribution in [3.63, 3.8) is 0 Å². The van der Waals surface area contributed by atoms with Gasteiger partial charge in [0, 0.05) is 6.42 Å². The molecule has 1 atom stereocenters. The molecule has 0 saturated heterocycles. The summed E-state index contributed by atoms with van der Waals surface area (Å²) in [6.45, 7) is 0.372. The molecule has 6 nitrogen and oxygen atoms in total. The Hall–Kier alpha value is -1.92. The van der Waals surface area contributed by atoms with Gasteiger partial charge in [0.05, 0.1) is 7.11 Å². The lowest BCUT2D eigenvalue weighted by Gasteiger charge is -2.01. The number of aliphatic hydroxyl groups excluding tert-OH is 1. The minimum Gasteiger partial charge on any atom is -0.497 e. The molecule has 1 heterocycles. The summed E-state index contributed by atoms with van der Waals surface area (Å²) in [5.74, 6) is 1.56. The van der Waals surface area contributed by atoms with Crippen LogP contribution in [0.25, 0.3) is 0 Å². The predicted octanol–water partition coefficient (Wildman–Crippen LogP) is 1.05. The SMILES string of the molecule is COc1ccc(Cc2noc([C@@H](O)CCN)n2)cc1. The third kappa shape index (κ3) is 3.52. The van der Waals surface area contributed by atoms with Crippen molar-refractivity contribution < 1.29 is 14.4 Å². The van der Waals surface area contributed by atoms with Gasteiger partial charge < -0.3 is 20.1 Å². The first-order chi connectivity index (χ1) is 9.22. The van der Waals surface area contributed by atoms with Gasteiger partial charge in [-0.05, 0) is 30.7 Å². The first-order valence-corrected chi connectivity index (χ1v) is 6.06. The van der Waals surface area contributed by atoms with E-state index in [1.54, 1.807) is 7.11 Å². The molecule has 0 amide bonds. The molecule has 1 aromatic carbocycles. The largest absolute Gasteiger partial charge is 0.497 e. The van der Waals surface area contributed by atoms with Crippen LogP contribution in [0.1, 0.15) is 29.8 Å². The van der Waals surface area contributed by atoms with E-state index in [1.165, 1.54) is 0 Å². The highest BCUT2D eigenvalue weighted by Gasteiger charge is 2.15. The monoisotopic (exact) mass is 263 g/mol. The van der Waals surface area contributed by atoms with E-state index in [4.69, 9.17) is 15.0 Å². The van der Waals surface area contributed by atoms with Crippen molar-refractivity contribution in [2.45, 2.75) is 18.9 Å². The van der Waals surface area contributed by atoms with Gasteiger partial charge in [0.15, 0.2) is 5.82 Å². The van der Waals surface area contributed by atoms with Gasteiger partial charge in [-0.25, -0.2) is 0 Å². The predicted molar refractivity (Wildman–Crippen MR) is 68.7 cm³/mol. The molecular formula is C13H17N3O3. The van der Waals surface area contributed by atoms with Gasteiger partial charge >= 0.3 is 0 Å². The van der Waals surface area contributed by atoms with Gasteiger partial charge in [-0.2, -0.15) is 4.98 Å². The molecule has 0 fully saturated rings. The average molecular weight is 263 g/mol. The van der Waals surface area contributed by atoms with Gasteiger partial charge in [-0.1, -0.05) is 17.3 Å². The number of ether oxygens (including phenoxy) is 1. The Balaban J connectivity index is 2.02. The summed E-state index contributed by atoms with van der Waals surface area (Å²) in [6, 6.07) is 7.62. The van der Waals surface area contributed by atoms with Crippen molar-refractivity contribution >= 4 is 0 Å². The van der Waals surface area contributed by atoms with Crippen LogP contribution in [0.5, 0.6) is 5.75 Å². The number of methoxy groups -OCH3 is 1. The number of aliphatic hydroxyl groups is 1. The Morgan fingerprint density at radius 1 is 1.37 bits per heavy atom. The fraction of sp³-hybridized carbons (Fsp3) is 0.385. The Labute approximate surface area is 111 Å². The lowest BCUT2D eigenvalue weighted by Crippen LogP contribution is -2.07. The van der Waals surface area contributed by atoms with E-state index in [0.717, 1.165) is 11.3 Å². The summed E-state index contributed by atoms with van der Waals surface area (Å²) in [5, 5.41) is 13.5. The van der Waals surface area contributed by atoms with Crippen molar-refractivity contribution in [3.8, 4) is 5.75 Å². The second kappa shape index (κ2) is 6.31. The van der Waals surface area contributed by atoms with Crippen LogP contribution in [0.3, 0.4) is 0 Å². The third-order valence-corrected chi connectivity index (χ3v) is 2.73. The Morgan fingerprint density at radius 3 is 2.74 bits per heavy atom. The van der Waals surface area contributed by atoms with Crippen LogP contribution >= 0.6 is 0 Å². The van der Waals surface area contributed by atoms with Crippen molar-refractivity contribution in [1.82, 2.24) is 10.1 Å². The molecule has 0 saturated carbocycles. The maximum Gasteiger partial charge on any atom is 0.255 e. The third-order valence-electron chi connectivity index (χ3n) is 2.73. The second-order valence-electron chi connectivity index (χ2n) is 4.17. The standard InChI is InChI=1S/C13H17N3O3/c1-18-10-4-2-9(3-5-10)8-12-15-13(19-16-12)11(17)6-7-14/h2-5,11,17H,6-8,14H2,1H3/t11-/m0/s1. The number of benzene rings is 1. The van der Waals surface area contributed by atoms with E-state index in [9.17, 15) is 5.11 Å². The molecule has 1 aromatic heterocycles. The highest BCUT2D eigenvalue weighted by Crippen LogP contribution is 2.16. The first kappa shape index (κ1) is 13.5. The maximum atomic E-state index is 9.68. The Bertz CT molecular complexity index is 510. The summed E-state index contributed by atoms with van der Waals surface area (Å²) in [6.07, 6.45) is 0.162. The number of rotatable bonds is 6. The maximum absolute atomic E-state index is 9.68. The van der Waals surface area contributed by atoms with Crippen LogP contribution in [0.2, 0.25) is 0 Å². The molecule has 0 aliphatic heterocycles. The van der Waals surface area contributed by atoms with Crippen LogP contribution < -0.4 is 10.5 Å². The molecule has 0 aliphatic carbocycles. The molecule has 0 radical (unpaired) electrons. The molecule has 6 heteroatoms. The molecule has 102 valence electrons. The van der Waals surface area contributed by atoms with Gasteiger partial charge in [0.25, 0.3) is 5.89 Å². The molecule has 2 aromatic rings. The van der Waals surface area contributed by atoms with Crippen molar-refractivity contribution in [2.75, 3.05) is 13.7 Å². The molecule has 19 heavy (non-hydrogen) atoms. The molecule has 2 rings (SSSR count). The molecule has 0 spiro atoms. The van der Waals surface area contributed by atoms with Gasteiger partial charge in [0.2, 0.25) is 0 Å². The molecule has 0 unspecified atom stereocenters. The lowest BCUT2D eigenvalue weighted by atomic mass is 10.1. The van der Waals surface area contributed by atoms with E-state index in [-0.39, 0.29) is 5.89 Å². The zero-order valence-electron chi connectivity index (χ0n) is 10.7. The van der Waals surface area contributed by atoms with E-state index >= 15 is 0 Å². The summed E-state index contributed by atoms with van der Waals surface area (Å²) in [7, 11) is 1.62. The lowest BCUT2D eigenvalue weighted by molar-refractivity contribution is 0.127. The van der Waals surface area contributed by atoms with Gasteiger partial charge in [0.1, 0.15) is 11.9 Å². The number of nitrogens with two attached hydrogens (primary N) is 1. The Morgan fingerprint density at radius 2 is 2.11 bits per heavy atom. The number of aromatic nitrogens is 2. The van der Waals surface area contributed by atoms with Gasteiger partial charge in [-0.15, -0.1) is 0 Å². The molecule has 0 bridgehead atoms. The first-order valence-electron chi connectivity index (χ1n) is 6.06. The Kier molecular flexibility index (Phi) is 4.48. The van der Waals surface area contributed by atoms with E-state index in [2.05, 4.69) is 10.1 Å². The van der Waals surface area contributed by atoms with Crippen LogP contribution in [0.15, 0.2) is 28.8 Å². The summed E-state index contributed by atoms with van der Waals surface area (Å²) < 4.78 is 10.1. The van der Waals surface area contributed by atoms with Crippen LogP contribution in [-0.4, -0.2) is 28.9 Å². The van der Waals surface area contributed by atoms with Gasteiger partial charge in [-0.3, -0.25) is 0 Å². The van der Waals surface area contributed by atoms with E-state index in [0.29, 0.717) is 25.2 Å². The average Bonchev–Trinajstić information content (AvgIpc) is 2.88. The molecular weight excluding hydrogens is 246 g/mol.